The highest BCUT2D eigenvalue weighted by Crippen LogP contribution is 2.30. The molecular weight excluding hydrogens is 387 g/mol. The summed E-state index contributed by atoms with van der Waals surface area (Å²) in [5, 5.41) is 2.74. The van der Waals surface area contributed by atoms with Crippen molar-refractivity contribution in [3.05, 3.63) is 54.1 Å². The Morgan fingerprint density at radius 2 is 1.86 bits per heavy atom. The van der Waals surface area contributed by atoms with Crippen LogP contribution < -0.4 is 15.0 Å². The van der Waals surface area contributed by atoms with E-state index in [4.69, 9.17) is 0 Å². The molecule has 154 valence electrons. The highest BCUT2D eigenvalue weighted by atomic mass is 19.4. The molecule has 0 bridgehead atoms. The molecule has 0 aliphatic carbocycles. The molecular formula is C20H20F3N3O3. The average molecular weight is 407 g/mol. The van der Waals surface area contributed by atoms with Gasteiger partial charge in [0.25, 0.3) is 0 Å². The molecule has 6 nitrogen and oxygen atoms in total. The second-order valence-corrected chi connectivity index (χ2v) is 6.77. The van der Waals surface area contributed by atoms with E-state index in [-0.39, 0.29) is 24.1 Å². The van der Waals surface area contributed by atoms with Crippen molar-refractivity contribution in [2.24, 2.45) is 0 Å². The highest BCUT2D eigenvalue weighted by molar-refractivity contribution is 6.11. The molecule has 1 aliphatic heterocycles. The number of anilines is 2. The molecule has 29 heavy (non-hydrogen) atoms. The lowest BCUT2D eigenvalue weighted by Crippen LogP contribution is -2.50. The van der Waals surface area contributed by atoms with Gasteiger partial charge in [-0.3, -0.25) is 19.4 Å². The fourth-order valence-electron chi connectivity index (χ4n) is 3.07. The van der Waals surface area contributed by atoms with Gasteiger partial charge in [0, 0.05) is 6.54 Å². The lowest BCUT2D eigenvalue weighted by molar-refractivity contribution is -0.274. The third-order valence-electron chi connectivity index (χ3n) is 4.64. The summed E-state index contributed by atoms with van der Waals surface area (Å²) in [6.45, 7) is 1.98. The first-order valence-corrected chi connectivity index (χ1v) is 8.89. The number of likely N-dealkylation sites (N-methyl/N-ethyl adjacent to an activating group) is 1. The molecule has 0 spiro atoms. The van der Waals surface area contributed by atoms with E-state index in [9.17, 15) is 22.8 Å². The van der Waals surface area contributed by atoms with Gasteiger partial charge in [-0.15, -0.1) is 13.2 Å². The van der Waals surface area contributed by atoms with Crippen molar-refractivity contribution in [1.82, 2.24) is 4.90 Å². The van der Waals surface area contributed by atoms with Gasteiger partial charge >= 0.3 is 6.36 Å². The monoisotopic (exact) mass is 407 g/mol. The molecule has 0 saturated heterocycles. The van der Waals surface area contributed by atoms with Crippen molar-refractivity contribution in [1.29, 1.82) is 0 Å². The lowest BCUT2D eigenvalue weighted by atomic mass is 10.1. The minimum Gasteiger partial charge on any atom is -0.406 e. The second-order valence-electron chi connectivity index (χ2n) is 6.77. The number of fused-ring (bicyclic) bond motifs is 1. The number of para-hydroxylation sites is 2. The van der Waals surface area contributed by atoms with Crippen LogP contribution in [0.15, 0.2) is 48.5 Å². The Kier molecular flexibility index (Phi) is 5.78. The molecule has 9 heteroatoms. The van der Waals surface area contributed by atoms with Crippen molar-refractivity contribution in [2.75, 3.05) is 23.8 Å². The maximum absolute atomic E-state index is 13.0. The van der Waals surface area contributed by atoms with Crippen LogP contribution in [0.3, 0.4) is 0 Å². The Bertz CT molecular complexity index is 900. The molecule has 1 N–H and O–H groups in total. The van der Waals surface area contributed by atoms with Crippen LogP contribution in [0.4, 0.5) is 24.5 Å². The van der Waals surface area contributed by atoms with Crippen molar-refractivity contribution >= 4 is 23.2 Å². The largest absolute Gasteiger partial charge is 0.573 e. The fraction of sp³-hybridized carbons (Fsp3) is 0.300. The van der Waals surface area contributed by atoms with Gasteiger partial charge < -0.3 is 10.1 Å². The van der Waals surface area contributed by atoms with Gasteiger partial charge in [0.1, 0.15) is 12.3 Å². The van der Waals surface area contributed by atoms with E-state index in [1.165, 1.54) is 29.2 Å². The van der Waals surface area contributed by atoms with Crippen molar-refractivity contribution in [3.63, 3.8) is 0 Å². The zero-order chi connectivity index (χ0) is 21.2. The molecule has 0 radical (unpaired) electrons. The first-order chi connectivity index (χ1) is 13.6. The summed E-state index contributed by atoms with van der Waals surface area (Å²) in [6, 6.07) is 12.0. The SMILES string of the molecule is C[C@H](C(=O)N1CC(=O)Nc2ccccc21)N(C)Cc1ccc(OC(F)(F)F)cc1. The first-order valence-electron chi connectivity index (χ1n) is 8.89. The van der Waals surface area contributed by atoms with Crippen molar-refractivity contribution < 1.29 is 27.5 Å². The Morgan fingerprint density at radius 3 is 2.52 bits per heavy atom. The van der Waals surface area contributed by atoms with Crippen molar-refractivity contribution in [3.8, 4) is 5.75 Å². The molecule has 0 aromatic heterocycles. The van der Waals surface area contributed by atoms with Crippen molar-refractivity contribution in [2.45, 2.75) is 25.9 Å². The topological polar surface area (TPSA) is 61.9 Å². The standard InChI is InChI=1S/C20H20F3N3O3/c1-13(19(28)26-12-18(27)24-16-5-3-4-6-17(16)26)25(2)11-14-7-9-15(10-8-14)29-20(21,22)23/h3-10,13H,11-12H2,1-2H3,(H,24,27)/t13-/m1/s1. The average Bonchev–Trinajstić information content (AvgIpc) is 2.66. The number of benzene rings is 2. The Morgan fingerprint density at radius 1 is 1.21 bits per heavy atom. The molecule has 1 heterocycles. The third-order valence-corrected chi connectivity index (χ3v) is 4.64. The fourth-order valence-corrected chi connectivity index (χ4v) is 3.07. The van der Waals surface area contributed by atoms with Crippen LogP contribution in [0.2, 0.25) is 0 Å². The molecule has 0 fully saturated rings. The van der Waals surface area contributed by atoms with Gasteiger partial charge in [-0.25, -0.2) is 0 Å². The zero-order valence-electron chi connectivity index (χ0n) is 15.9. The first kappa shape index (κ1) is 20.7. The normalized spacial score (nSPS) is 15.0. The molecule has 3 rings (SSSR count). The summed E-state index contributed by atoms with van der Waals surface area (Å²) in [6.07, 6.45) is -4.74. The maximum Gasteiger partial charge on any atom is 0.573 e. The minimum atomic E-state index is -4.74. The highest BCUT2D eigenvalue weighted by Gasteiger charge is 2.32. The molecule has 1 aliphatic rings. The van der Waals surface area contributed by atoms with E-state index >= 15 is 0 Å². The van der Waals surface area contributed by atoms with Gasteiger partial charge in [0.15, 0.2) is 0 Å². The van der Waals surface area contributed by atoms with Gasteiger partial charge in [-0.2, -0.15) is 0 Å². The number of carbonyl (C=O) groups excluding carboxylic acids is 2. The van der Waals surface area contributed by atoms with E-state index in [1.807, 2.05) is 0 Å². The number of amides is 2. The van der Waals surface area contributed by atoms with E-state index in [2.05, 4.69) is 10.1 Å². The summed E-state index contributed by atoms with van der Waals surface area (Å²) in [5.74, 6) is -0.817. The van der Waals surface area contributed by atoms with Crippen LogP contribution in [0.25, 0.3) is 0 Å². The Labute approximate surface area is 165 Å². The predicted molar refractivity (Wildman–Crippen MR) is 101 cm³/mol. The summed E-state index contributed by atoms with van der Waals surface area (Å²) in [4.78, 5) is 28.2. The van der Waals surface area contributed by atoms with Crippen LogP contribution in [0.5, 0.6) is 5.75 Å². The van der Waals surface area contributed by atoms with Crippen LogP contribution >= 0.6 is 0 Å². The van der Waals surface area contributed by atoms with Gasteiger partial charge in [0.2, 0.25) is 11.8 Å². The molecule has 2 aromatic rings. The molecule has 2 aromatic carbocycles. The van der Waals surface area contributed by atoms with Crippen LogP contribution in [-0.4, -0.2) is 42.7 Å². The molecule has 2 amide bonds. The molecule has 1 atom stereocenters. The van der Waals surface area contributed by atoms with Crippen LogP contribution in [-0.2, 0) is 16.1 Å². The molecule has 0 unspecified atom stereocenters. The lowest BCUT2D eigenvalue weighted by Gasteiger charge is -2.33. The second kappa shape index (κ2) is 8.12. The van der Waals surface area contributed by atoms with E-state index in [0.29, 0.717) is 17.9 Å². The number of ether oxygens (including phenoxy) is 1. The number of halogens is 3. The van der Waals surface area contributed by atoms with E-state index in [1.54, 1.807) is 43.1 Å². The predicted octanol–water partition coefficient (Wildman–Crippen LogP) is 3.39. The summed E-state index contributed by atoms with van der Waals surface area (Å²) in [5.41, 5.74) is 1.93. The number of carbonyl (C=O) groups is 2. The maximum atomic E-state index is 13.0. The van der Waals surface area contributed by atoms with Crippen LogP contribution in [0, 0.1) is 0 Å². The van der Waals surface area contributed by atoms with E-state index < -0.39 is 12.4 Å². The number of hydrogen-bond acceptors (Lipinski definition) is 4. The molecule has 0 saturated carbocycles. The number of nitrogens with one attached hydrogen (secondary N) is 1. The quantitative estimate of drug-likeness (QED) is 0.826. The van der Waals surface area contributed by atoms with Gasteiger partial charge in [0.05, 0.1) is 17.4 Å². The summed E-state index contributed by atoms with van der Waals surface area (Å²) in [7, 11) is 1.73. The van der Waals surface area contributed by atoms with Gasteiger partial charge in [-0.05, 0) is 43.8 Å². The van der Waals surface area contributed by atoms with Crippen LogP contribution in [0.1, 0.15) is 12.5 Å². The minimum absolute atomic E-state index is 0.0719. The Hall–Kier alpha value is -3.07. The Balaban J connectivity index is 1.68. The summed E-state index contributed by atoms with van der Waals surface area (Å²) < 4.78 is 40.6. The smallest absolute Gasteiger partial charge is 0.406 e. The third kappa shape index (κ3) is 5.05. The number of rotatable bonds is 5. The van der Waals surface area contributed by atoms with E-state index in [0.717, 1.165) is 5.56 Å². The number of alkyl halides is 3. The van der Waals surface area contributed by atoms with Gasteiger partial charge in [-0.1, -0.05) is 24.3 Å². The summed E-state index contributed by atoms with van der Waals surface area (Å²) >= 11 is 0. The zero-order valence-corrected chi connectivity index (χ0v) is 15.9. The number of hydrogen-bond donors (Lipinski definition) is 1. The number of nitrogens with zero attached hydrogens (tertiary/aromatic N) is 2.